The Hall–Kier alpha value is -4.57. The van der Waals surface area contributed by atoms with E-state index in [4.69, 9.17) is 9.97 Å². The lowest BCUT2D eigenvalue weighted by Crippen LogP contribution is -3.00. The van der Waals surface area contributed by atoms with Gasteiger partial charge in [-0.3, -0.25) is 5.10 Å². The summed E-state index contributed by atoms with van der Waals surface area (Å²) in [6.07, 6.45) is 13.9. The second-order valence-corrected chi connectivity index (χ2v) is 14.8. The molecular formula is C36H43ClN10. The molecule has 4 aromatic heterocycles. The summed E-state index contributed by atoms with van der Waals surface area (Å²) in [7, 11) is 0. The minimum Gasteiger partial charge on any atom is -1.00 e. The van der Waals surface area contributed by atoms with E-state index in [0.29, 0.717) is 37.6 Å². The number of H-pyrrole nitrogens is 1. The van der Waals surface area contributed by atoms with Gasteiger partial charge in [0.2, 0.25) is 12.7 Å². The van der Waals surface area contributed by atoms with Gasteiger partial charge in [-0.1, -0.05) is 77.9 Å². The summed E-state index contributed by atoms with van der Waals surface area (Å²) in [4.78, 5) is 9.70. The van der Waals surface area contributed by atoms with Crippen molar-refractivity contribution in [3.05, 3.63) is 131 Å². The fraction of sp³-hybridized carbons (Fsp3) is 0.389. The van der Waals surface area contributed by atoms with Crippen LogP contribution in [0, 0.1) is 0 Å². The molecule has 6 aromatic rings. The number of hydrogen-bond donors (Lipinski definition) is 1. The lowest BCUT2D eigenvalue weighted by atomic mass is 9.84. The third-order valence-electron chi connectivity index (χ3n) is 8.56. The summed E-state index contributed by atoms with van der Waals surface area (Å²) >= 11 is 0. The minimum atomic E-state index is 0. The predicted octanol–water partition coefficient (Wildman–Crippen LogP) is 1.02. The van der Waals surface area contributed by atoms with E-state index in [-0.39, 0.29) is 23.2 Å². The highest BCUT2D eigenvalue weighted by molar-refractivity contribution is 5.37. The Morgan fingerprint density at radius 1 is 0.681 bits per heavy atom. The molecule has 1 aliphatic heterocycles. The number of benzene rings is 2. The van der Waals surface area contributed by atoms with Gasteiger partial charge in [0, 0.05) is 24.5 Å². The summed E-state index contributed by atoms with van der Waals surface area (Å²) in [5, 5.41) is 16.7. The molecule has 11 heteroatoms. The van der Waals surface area contributed by atoms with Crippen molar-refractivity contribution in [2.45, 2.75) is 91.4 Å². The number of fused-ring (bicyclic) bond motifs is 12. The average Bonchev–Trinajstić information content (AvgIpc) is 3.78. The fourth-order valence-corrected chi connectivity index (χ4v) is 6.09. The molecule has 5 heterocycles. The van der Waals surface area contributed by atoms with E-state index in [1.807, 2.05) is 0 Å². The molecular weight excluding hydrogens is 608 g/mol. The van der Waals surface area contributed by atoms with Crippen LogP contribution in [0.25, 0.3) is 0 Å². The third-order valence-corrected chi connectivity index (χ3v) is 8.56. The number of hydrogen-bond acceptors (Lipinski definition) is 4. The molecule has 12 bridgehead atoms. The van der Waals surface area contributed by atoms with Gasteiger partial charge in [0.15, 0.2) is 5.82 Å². The van der Waals surface area contributed by atoms with E-state index >= 15 is 0 Å². The van der Waals surface area contributed by atoms with Crippen molar-refractivity contribution in [2.24, 2.45) is 0 Å². The Morgan fingerprint density at radius 2 is 1.17 bits per heavy atom. The van der Waals surface area contributed by atoms with Gasteiger partial charge in [-0.25, -0.2) is 23.3 Å². The molecule has 7 rings (SSSR count). The lowest BCUT2D eigenvalue weighted by molar-refractivity contribution is -0.688. The van der Waals surface area contributed by atoms with E-state index in [0.717, 1.165) is 24.7 Å². The van der Waals surface area contributed by atoms with Crippen LogP contribution in [0.15, 0.2) is 73.8 Å². The van der Waals surface area contributed by atoms with Crippen molar-refractivity contribution in [1.82, 2.24) is 39.5 Å². The number of nitrogens with one attached hydrogen (secondary N) is 1. The Morgan fingerprint density at radius 3 is 1.68 bits per heavy atom. The minimum absolute atomic E-state index is 0. The maximum absolute atomic E-state index is 4.96. The van der Waals surface area contributed by atoms with E-state index in [1.54, 1.807) is 0 Å². The maximum Gasteiger partial charge on any atom is 0.244 e. The number of halogens is 1. The van der Waals surface area contributed by atoms with Gasteiger partial charge in [-0.05, 0) is 44.2 Å². The lowest BCUT2D eigenvalue weighted by Gasteiger charge is -2.21. The summed E-state index contributed by atoms with van der Waals surface area (Å²) in [5.41, 5.74) is 7.60. The van der Waals surface area contributed by atoms with Gasteiger partial charge in [0.05, 0.1) is 0 Å². The first-order valence-corrected chi connectivity index (χ1v) is 16.0. The zero-order valence-electron chi connectivity index (χ0n) is 28.1. The molecule has 10 nitrogen and oxygen atoms in total. The van der Waals surface area contributed by atoms with Crippen LogP contribution in [-0.4, -0.2) is 34.5 Å². The molecule has 1 N–H and O–H groups in total. The van der Waals surface area contributed by atoms with E-state index in [2.05, 4.69) is 154 Å². The largest absolute Gasteiger partial charge is 1.00 e. The average molecular weight is 651 g/mol. The van der Waals surface area contributed by atoms with Crippen molar-refractivity contribution >= 4 is 0 Å². The third kappa shape index (κ3) is 7.71. The molecule has 2 aromatic carbocycles. The number of aromatic amines is 1. The number of nitrogens with zero attached hydrogens (tertiary/aromatic N) is 9. The number of rotatable bonds is 0. The van der Waals surface area contributed by atoms with Crippen LogP contribution in [0.5, 0.6) is 0 Å². The first kappa shape index (κ1) is 32.4. The summed E-state index contributed by atoms with van der Waals surface area (Å²) in [6, 6.07) is 13.8. The Labute approximate surface area is 282 Å². The van der Waals surface area contributed by atoms with Crippen LogP contribution in [0.4, 0.5) is 0 Å². The van der Waals surface area contributed by atoms with E-state index in [1.165, 1.54) is 33.4 Å². The molecule has 0 saturated heterocycles. The zero-order chi connectivity index (χ0) is 32.1. The smallest absolute Gasteiger partial charge is 0.244 e. The van der Waals surface area contributed by atoms with Gasteiger partial charge in [0.25, 0.3) is 0 Å². The molecule has 0 aliphatic carbocycles. The highest BCUT2D eigenvalue weighted by Gasteiger charge is 2.20. The maximum atomic E-state index is 4.96. The molecule has 0 atom stereocenters. The predicted molar refractivity (Wildman–Crippen MR) is 173 cm³/mol. The Kier molecular flexibility index (Phi) is 8.65. The monoisotopic (exact) mass is 650 g/mol. The van der Waals surface area contributed by atoms with Crippen molar-refractivity contribution in [2.75, 3.05) is 0 Å². The molecule has 1 aliphatic rings. The molecule has 0 saturated carbocycles. The molecule has 47 heavy (non-hydrogen) atoms. The molecule has 0 fully saturated rings. The summed E-state index contributed by atoms with van der Waals surface area (Å²) in [6.45, 7) is 16.2. The Balaban J connectivity index is 0.00000386. The van der Waals surface area contributed by atoms with Crippen molar-refractivity contribution in [3.63, 3.8) is 0 Å². The first-order chi connectivity index (χ1) is 21.9. The first-order valence-electron chi connectivity index (χ1n) is 16.0. The van der Waals surface area contributed by atoms with Crippen LogP contribution in [0.1, 0.15) is 98.2 Å². The standard InChI is InChI=1S/C36H43N10.ClH/c1-35(2,3)29-13-25-11-27(15-29)19-43-7-9-45(23-43)21-33-38-34(42-41-33)22-46-10-8-44(24-46)20-28-12-26(14-30(16-28)36(4,5)6)18-32-37-31(17-25)39-40-32;/h7-16,23-24H,17-22H2,1-6H3,(H-,37,38,39,40,41,42);1H/q+1;/p-1. The van der Waals surface area contributed by atoms with Crippen LogP contribution in [0.3, 0.4) is 0 Å². The molecule has 244 valence electrons. The zero-order valence-corrected chi connectivity index (χ0v) is 28.8. The normalized spacial score (nSPS) is 13.9. The molecule has 0 unspecified atom stereocenters. The number of imidazole rings is 2. The van der Waals surface area contributed by atoms with Gasteiger partial charge < -0.3 is 27.6 Å². The topological polar surface area (TPSA) is 99.1 Å². The van der Waals surface area contributed by atoms with Crippen molar-refractivity contribution < 1.29 is 21.5 Å². The van der Waals surface area contributed by atoms with Crippen molar-refractivity contribution in [3.8, 4) is 0 Å². The second-order valence-electron chi connectivity index (χ2n) is 14.8. The quantitative estimate of drug-likeness (QED) is 0.247. The molecule has 0 spiro atoms. The number of aromatic nitrogens is 10. The van der Waals surface area contributed by atoms with E-state index in [9.17, 15) is 0 Å². The second kappa shape index (κ2) is 12.6. The van der Waals surface area contributed by atoms with Gasteiger partial charge >= 0.3 is 0 Å². The van der Waals surface area contributed by atoms with Crippen molar-refractivity contribution in [1.29, 1.82) is 0 Å². The molecule has 0 radical (unpaired) electrons. The van der Waals surface area contributed by atoms with Crippen LogP contribution in [-0.2, 0) is 49.9 Å². The van der Waals surface area contributed by atoms with Gasteiger partial charge in [-0.15, -0.1) is 0 Å². The highest BCUT2D eigenvalue weighted by Crippen LogP contribution is 2.27. The summed E-state index contributed by atoms with van der Waals surface area (Å²) < 4.78 is 8.61. The SMILES string of the molecule is CC(C)(C)c1cc2cc(c1)C[n+]1ccn(c1)Cc1nnc([n-]1)Cn1cc[n+](c1)Cc1cc(cc(C(C)(C)C)c1)Cc1nc(n[nH]1)C2.[Cl-]. The van der Waals surface area contributed by atoms with Crippen LogP contribution in [0.2, 0.25) is 0 Å². The van der Waals surface area contributed by atoms with Crippen LogP contribution < -0.4 is 26.5 Å². The summed E-state index contributed by atoms with van der Waals surface area (Å²) in [5.74, 6) is 3.11. The van der Waals surface area contributed by atoms with Gasteiger partial charge in [-0.2, -0.15) is 5.10 Å². The van der Waals surface area contributed by atoms with E-state index < -0.39 is 0 Å². The van der Waals surface area contributed by atoms with Crippen LogP contribution >= 0.6 is 0 Å². The Bertz CT molecular complexity index is 1860. The van der Waals surface area contributed by atoms with Gasteiger partial charge in [0.1, 0.15) is 56.8 Å². The fourth-order valence-electron chi connectivity index (χ4n) is 6.09. The highest BCUT2D eigenvalue weighted by atomic mass is 35.5. The molecule has 0 amide bonds.